The molecular formula is C14H13IN2O2. The minimum Gasteiger partial charge on any atom is -0.465 e. The van der Waals surface area contributed by atoms with Gasteiger partial charge in [0.25, 0.3) is 0 Å². The van der Waals surface area contributed by atoms with Crippen molar-refractivity contribution in [2.24, 2.45) is 0 Å². The summed E-state index contributed by atoms with van der Waals surface area (Å²) in [6.45, 7) is 0. The van der Waals surface area contributed by atoms with Gasteiger partial charge < -0.3 is 15.8 Å². The van der Waals surface area contributed by atoms with E-state index in [-0.39, 0.29) is 0 Å². The van der Waals surface area contributed by atoms with E-state index in [1.54, 1.807) is 18.2 Å². The van der Waals surface area contributed by atoms with Crippen LogP contribution in [0, 0.1) is 3.57 Å². The molecule has 3 N–H and O–H groups in total. The number of carbonyl (C=O) groups excluding carboxylic acids is 1. The van der Waals surface area contributed by atoms with Crippen LogP contribution in [0.3, 0.4) is 0 Å². The molecule has 0 heterocycles. The van der Waals surface area contributed by atoms with Gasteiger partial charge in [0.15, 0.2) is 0 Å². The first-order chi connectivity index (χ1) is 9.10. The van der Waals surface area contributed by atoms with Crippen molar-refractivity contribution in [2.75, 3.05) is 18.2 Å². The smallest absolute Gasteiger partial charge is 0.340 e. The monoisotopic (exact) mass is 368 g/mol. The summed E-state index contributed by atoms with van der Waals surface area (Å²) >= 11 is 2.23. The van der Waals surface area contributed by atoms with Gasteiger partial charge in [0.1, 0.15) is 0 Å². The van der Waals surface area contributed by atoms with Crippen molar-refractivity contribution in [1.82, 2.24) is 0 Å². The first-order valence-electron chi connectivity index (χ1n) is 5.60. The number of hydrogen-bond donors (Lipinski definition) is 2. The van der Waals surface area contributed by atoms with E-state index in [2.05, 4.69) is 27.9 Å². The Morgan fingerprint density at radius 3 is 2.74 bits per heavy atom. The second-order valence-electron chi connectivity index (χ2n) is 3.93. The van der Waals surface area contributed by atoms with Crippen LogP contribution in [0.4, 0.5) is 17.1 Å². The van der Waals surface area contributed by atoms with Crippen molar-refractivity contribution in [1.29, 1.82) is 0 Å². The van der Waals surface area contributed by atoms with Gasteiger partial charge >= 0.3 is 5.97 Å². The summed E-state index contributed by atoms with van der Waals surface area (Å²) in [6, 6.07) is 13.0. The minimum atomic E-state index is -0.416. The number of benzene rings is 2. The van der Waals surface area contributed by atoms with Crippen molar-refractivity contribution < 1.29 is 9.53 Å². The molecule has 19 heavy (non-hydrogen) atoms. The molecule has 2 rings (SSSR count). The summed E-state index contributed by atoms with van der Waals surface area (Å²) in [7, 11) is 1.35. The number of nitrogen functional groups attached to an aromatic ring is 1. The number of esters is 1. The summed E-state index contributed by atoms with van der Waals surface area (Å²) < 4.78 is 5.87. The van der Waals surface area contributed by atoms with Crippen LogP contribution in [0.1, 0.15) is 10.4 Å². The molecule has 0 unspecified atom stereocenters. The Kier molecular flexibility index (Phi) is 4.26. The zero-order chi connectivity index (χ0) is 13.8. The van der Waals surface area contributed by atoms with E-state index >= 15 is 0 Å². The fourth-order valence-electron chi connectivity index (χ4n) is 1.67. The van der Waals surface area contributed by atoms with Crippen LogP contribution in [0.25, 0.3) is 0 Å². The van der Waals surface area contributed by atoms with Crippen molar-refractivity contribution >= 4 is 45.6 Å². The molecule has 0 radical (unpaired) electrons. The average Bonchev–Trinajstić information content (AvgIpc) is 2.40. The fraction of sp³-hybridized carbons (Fsp3) is 0.0714. The Morgan fingerprint density at radius 2 is 2.05 bits per heavy atom. The van der Waals surface area contributed by atoms with Gasteiger partial charge in [-0.1, -0.05) is 6.07 Å². The highest BCUT2D eigenvalue weighted by Crippen LogP contribution is 2.24. The highest BCUT2D eigenvalue weighted by atomic mass is 127. The van der Waals surface area contributed by atoms with Gasteiger partial charge in [-0.15, -0.1) is 0 Å². The molecule has 0 atom stereocenters. The number of nitrogens with one attached hydrogen (secondary N) is 1. The Bertz CT molecular complexity index is 614. The third-order valence-corrected chi connectivity index (χ3v) is 3.22. The maximum absolute atomic E-state index is 11.7. The minimum absolute atomic E-state index is 0.416. The van der Waals surface area contributed by atoms with Crippen LogP contribution < -0.4 is 11.1 Å². The Labute approximate surface area is 125 Å². The second kappa shape index (κ2) is 5.92. The summed E-state index contributed by atoms with van der Waals surface area (Å²) in [4.78, 5) is 11.7. The molecule has 0 aliphatic carbocycles. The van der Waals surface area contributed by atoms with E-state index in [1.807, 2.05) is 24.3 Å². The van der Waals surface area contributed by atoms with Gasteiger partial charge in [-0.25, -0.2) is 4.79 Å². The van der Waals surface area contributed by atoms with Crippen LogP contribution in [0.2, 0.25) is 0 Å². The lowest BCUT2D eigenvalue weighted by Crippen LogP contribution is -2.06. The molecule has 0 aromatic heterocycles. The molecule has 2 aromatic carbocycles. The quantitative estimate of drug-likeness (QED) is 0.495. The summed E-state index contributed by atoms with van der Waals surface area (Å²) in [6.07, 6.45) is 0. The predicted molar refractivity (Wildman–Crippen MR) is 84.6 cm³/mol. The van der Waals surface area contributed by atoms with Gasteiger partial charge in [0, 0.05) is 14.9 Å². The lowest BCUT2D eigenvalue weighted by atomic mass is 10.1. The summed E-state index contributed by atoms with van der Waals surface area (Å²) in [5.41, 5.74) is 8.21. The SMILES string of the molecule is COC(=O)c1cc(N)ccc1Nc1cccc(I)c1. The topological polar surface area (TPSA) is 64.3 Å². The second-order valence-corrected chi connectivity index (χ2v) is 5.18. The van der Waals surface area contributed by atoms with Crippen LogP contribution in [0.5, 0.6) is 0 Å². The average molecular weight is 368 g/mol. The highest BCUT2D eigenvalue weighted by Gasteiger charge is 2.12. The molecule has 0 aliphatic rings. The largest absolute Gasteiger partial charge is 0.465 e. The normalized spacial score (nSPS) is 10.0. The number of rotatable bonds is 3. The number of ether oxygens (including phenoxy) is 1. The predicted octanol–water partition coefficient (Wildman–Crippen LogP) is 3.40. The number of anilines is 3. The number of hydrogen-bond acceptors (Lipinski definition) is 4. The van der Waals surface area contributed by atoms with Gasteiger partial charge in [-0.05, 0) is 59.0 Å². The van der Waals surface area contributed by atoms with Gasteiger partial charge in [-0.3, -0.25) is 0 Å². The summed E-state index contributed by atoms with van der Waals surface area (Å²) in [5.74, 6) is -0.416. The van der Waals surface area contributed by atoms with E-state index in [1.165, 1.54) is 7.11 Å². The molecular weight excluding hydrogens is 355 g/mol. The first kappa shape index (κ1) is 13.7. The van der Waals surface area contributed by atoms with Crippen LogP contribution >= 0.6 is 22.6 Å². The molecule has 0 bridgehead atoms. The van der Waals surface area contributed by atoms with Crippen LogP contribution in [0.15, 0.2) is 42.5 Å². The zero-order valence-corrected chi connectivity index (χ0v) is 12.5. The van der Waals surface area contributed by atoms with Gasteiger partial charge in [-0.2, -0.15) is 0 Å². The molecule has 4 nitrogen and oxygen atoms in total. The van der Waals surface area contributed by atoms with E-state index in [0.717, 1.165) is 9.26 Å². The molecule has 0 amide bonds. The van der Waals surface area contributed by atoms with Crippen molar-refractivity contribution in [3.8, 4) is 0 Å². The molecule has 98 valence electrons. The Hall–Kier alpha value is -1.76. The molecule has 2 aromatic rings. The van der Waals surface area contributed by atoms with E-state index in [4.69, 9.17) is 10.5 Å². The Balaban J connectivity index is 2.37. The number of nitrogens with two attached hydrogens (primary N) is 1. The van der Waals surface area contributed by atoms with Crippen molar-refractivity contribution in [3.05, 3.63) is 51.6 Å². The third kappa shape index (κ3) is 3.37. The van der Waals surface area contributed by atoms with Gasteiger partial charge in [0.2, 0.25) is 0 Å². The maximum Gasteiger partial charge on any atom is 0.340 e. The van der Waals surface area contributed by atoms with Crippen molar-refractivity contribution in [2.45, 2.75) is 0 Å². The van der Waals surface area contributed by atoms with E-state index in [0.29, 0.717) is 16.9 Å². The standard InChI is InChI=1S/C14H13IN2O2/c1-19-14(18)12-8-10(16)5-6-13(12)17-11-4-2-3-9(15)7-11/h2-8,17H,16H2,1H3. The lowest BCUT2D eigenvalue weighted by Gasteiger charge is -2.11. The maximum atomic E-state index is 11.7. The lowest BCUT2D eigenvalue weighted by molar-refractivity contribution is 0.0602. The van der Waals surface area contributed by atoms with Crippen molar-refractivity contribution in [3.63, 3.8) is 0 Å². The highest BCUT2D eigenvalue weighted by molar-refractivity contribution is 14.1. The molecule has 0 spiro atoms. The van der Waals surface area contributed by atoms with E-state index < -0.39 is 5.97 Å². The zero-order valence-electron chi connectivity index (χ0n) is 10.3. The van der Waals surface area contributed by atoms with Gasteiger partial charge in [0.05, 0.1) is 18.4 Å². The third-order valence-electron chi connectivity index (χ3n) is 2.55. The summed E-state index contributed by atoms with van der Waals surface area (Å²) in [5, 5.41) is 3.19. The molecule has 0 fully saturated rings. The van der Waals surface area contributed by atoms with Crippen LogP contribution in [-0.2, 0) is 4.74 Å². The first-order valence-corrected chi connectivity index (χ1v) is 6.68. The number of carbonyl (C=O) groups is 1. The molecule has 0 saturated carbocycles. The number of halogens is 1. The number of methoxy groups -OCH3 is 1. The molecule has 0 aliphatic heterocycles. The molecule has 0 saturated heterocycles. The van der Waals surface area contributed by atoms with E-state index in [9.17, 15) is 4.79 Å². The van der Waals surface area contributed by atoms with Crippen LogP contribution in [-0.4, -0.2) is 13.1 Å². The Morgan fingerprint density at radius 1 is 1.26 bits per heavy atom. The molecule has 5 heteroatoms. The fourth-order valence-corrected chi connectivity index (χ4v) is 2.21.